The van der Waals surface area contributed by atoms with Crippen molar-refractivity contribution in [3.05, 3.63) is 68.0 Å². The first-order valence-corrected chi connectivity index (χ1v) is 6.75. The van der Waals surface area contributed by atoms with Gasteiger partial charge in [-0.1, -0.05) is 6.07 Å². The van der Waals surface area contributed by atoms with Gasteiger partial charge in [0.05, 0.1) is 0 Å². The standard InChI is InChI=1S/C15H17F2N3O2/c1-9(12-5-4-11(16)6-13(12)17)18-7-10-8-19(2)15(22)20(3)14(10)21/h4-6,8-9,18H,7H2,1-3H3. The van der Waals surface area contributed by atoms with Crippen LogP contribution in [0.3, 0.4) is 0 Å². The van der Waals surface area contributed by atoms with Gasteiger partial charge in [0.1, 0.15) is 11.6 Å². The molecule has 0 aliphatic carbocycles. The molecule has 118 valence electrons. The van der Waals surface area contributed by atoms with Gasteiger partial charge in [-0.2, -0.15) is 0 Å². The Balaban J connectivity index is 2.20. The number of hydrogen-bond acceptors (Lipinski definition) is 3. The topological polar surface area (TPSA) is 56.0 Å². The van der Waals surface area contributed by atoms with E-state index in [4.69, 9.17) is 0 Å². The molecule has 0 aliphatic heterocycles. The monoisotopic (exact) mass is 309 g/mol. The zero-order valence-electron chi connectivity index (χ0n) is 12.6. The van der Waals surface area contributed by atoms with Crippen molar-refractivity contribution < 1.29 is 8.78 Å². The van der Waals surface area contributed by atoms with Gasteiger partial charge >= 0.3 is 5.69 Å². The summed E-state index contributed by atoms with van der Waals surface area (Å²) in [4.78, 5) is 23.6. The van der Waals surface area contributed by atoms with Crippen LogP contribution in [-0.4, -0.2) is 9.13 Å². The Hall–Kier alpha value is -2.28. The summed E-state index contributed by atoms with van der Waals surface area (Å²) in [6.07, 6.45) is 1.45. The van der Waals surface area contributed by atoms with E-state index in [9.17, 15) is 18.4 Å². The molecule has 0 amide bonds. The SMILES string of the molecule is CC(NCc1cn(C)c(=O)n(C)c1=O)c1ccc(F)cc1F. The summed E-state index contributed by atoms with van der Waals surface area (Å²) in [5.41, 5.74) is -0.115. The Morgan fingerprint density at radius 1 is 1.23 bits per heavy atom. The number of benzene rings is 1. The molecule has 2 aromatic rings. The van der Waals surface area contributed by atoms with Crippen LogP contribution in [0.2, 0.25) is 0 Å². The fourth-order valence-electron chi connectivity index (χ4n) is 2.23. The van der Waals surface area contributed by atoms with Crippen LogP contribution < -0.4 is 16.6 Å². The molecule has 0 aliphatic rings. The molecule has 1 N–H and O–H groups in total. The van der Waals surface area contributed by atoms with Crippen molar-refractivity contribution in [1.82, 2.24) is 14.5 Å². The van der Waals surface area contributed by atoms with Crippen LogP contribution in [0.5, 0.6) is 0 Å². The Bertz CT molecular complexity index is 811. The van der Waals surface area contributed by atoms with E-state index in [1.165, 1.54) is 29.9 Å². The molecule has 0 bridgehead atoms. The third-order valence-electron chi connectivity index (χ3n) is 3.55. The van der Waals surface area contributed by atoms with Crippen LogP contribution >= 0.6 is 0 Å². The minimum absolute atomic E-state index is 0.165. The number of halogens is 2. The maximum Gasteiger partial charge on any atom is 0.330 e. The summed E-state index contributed by atoms with van der Waals surface area (Å²) in [6.45, 7) is 1.88. The number of hydrogen-bond donors (Lipinski definition) is 1. The second-order valence-corrected chi connectivity index (χ2v) is 5.18. The maximum atomic E-state index is 13.7. The third-order valence-corrected chi connectivity index (χ3v) is 3.55. The molecule has 2 rings (SSSR count). The van der Waals surface area contributed by atoms with Crippen LogP contribution in [-0.2, 0) is 20.6 Å². The summed E-state index contributed by atoms with van der Waals surface area (Å²) in [7, 11) is 2.95. The minimum atomic E-state index is -0.645. The predicted molar refractivity (Wildman–Crippen MR) is 78.5 cm³/mol. The van der Waals surface area contributed by atoms with E-state index < -0.39 is 28.9 Å². The number of nitrogens with zero attached hydrogens (tertiary/aromatic N) is 2. The molecule has 0 saturated heterocycles. The summed E-state index contributed by atoms with van der Waals surface area (Å²) in [5.74, 6) is -1.28. The molecular weight excluding hydrogens is 292 g/mol. The highest BCUT2D eigenvalue weighted by atomic mass is 19.1. The summed E-state index contributed by atoms with van der Waals surface area (Å²) in [6, 6.07) is 2.95. The molecule has 1 aromatic carbocycles. The lowest BCUT2D eigenvalue weighted by atomic mass is 10.1. The molecule has 0 radical (unpaired) electrons. The second kappa shape index (κ2) is 6.23. The Kier molecular flexibility index (Phi) is 4.56. The molecule has 1 aromatic heterocycles. The average molecular weight is 309 g/mol. The van der Waals surface area contributed by atoms with Gasteiger partial charge in [-0.15, -0.1) is 0 Å². The Labute approximate surface area is 125 Å². The van der Waals surface area contributed by atoms with Gasteiger partial charge in [-0.05, 0) is 13.0 Å². The van der Waals surface area contributed by atoms with E-state index >= 15 is 0 Å². The lowest BCUT2D eigenvalue weighted by Gasteiger charge is -2.15. The quantitative estimate of drug-likeness (QED) is 0.924. The lowest BCUT2D eigenvalue weighted by molar-refractivity contribution is 0.512. The van der Waals surface area contributed by atoms with E-state index in [1.807, 2.05) is 0 Å². The van der Waals surface area contributed by atoms with Crippen LogP contribution in [0.4, 0.5) is 8.78 Å². The molecular formula is C15H17F2N3O2. The molecule has 7 heteroatoms. The molecule has 0 saturated carbocycles. The van der Waals surface area contributed by atoms with Gasteiger partial charge in [-0.3, -0.25) is 9.36 Å². The Morgan fingerprint density at radius 3 is 2.55 bits per heavy atom. The number of rotatable bonds is 4. The zero-order chi connectivity index (χ0) is 16.4. The van der Waals surface area contributed by atoms with E-state index in [-0.39, 0.29) is 6.54 Å². The van der Waals surface area contributed by atoms with Crippen LogP contribution in [0, 0.1) is 11.6 Å². The van der Waals surface area contributed by atoms with Crippen LogP contribution in [0.1, 0.15) is 24.1 Å². The van der Waals surface area contributed by atoms with Crippen molar-refractivity contribution in [1.29, 1.82) is 0 Å². The second-order valence-electron chi connectivity index (χ2n) is 5.18. The number of aryl methyl sites for hydroxylation is 1. The average Bonchev–Trinajstić information content (AvgIpc) is 2.47. The first kappa shape index (κ1) is 16.1. The molecule has 0 fully saturated rings. The zero-order valence-corrected chi connectivity index (χ0v) is 12.6. The van der Waals surface area contributed by atoms with Gasteiger partial charge < -0.3 is 9.88 Å². The third kappa shape index (κ3) is 3.14. The van der Waals surface area contributed by atoms with Crippen LogP contribution in [0.25, 0.3) is 0 Å². The van der Waals surface area contributed by atoms with Gasteiger partial charge in [0.2, 0.25) is 0 Å². The normalized spacial score (nSPS) is 12.4. The predicted octanol–water partition coefficient (Wildman–Crippen LogP) is 1.21. The van der Waals surface area contributed by atoms with Gasteiger partial charge in [-0.25, -0.2) is 13.6 Å². The van der Waals surface area contributed by atoms with E-state index in [2.05, 4.69) is 5.32 Å². The van der Waals surface area contributed by atoms with Crippen molar-refractivity contribution in [3.8, 4) is 0 Å². The first-order chi connectivity index (χ1) is 10.3. The number of aromatic nitrogens is 2. The van der Waals surface area contributed by atoms with Gasteiger partial charge in [0.25, 0.3) is 5.56 Å². The highest BCUT2D eigenvalue weighted by Crippen LogP contribution is 2.17. The van der Waals surface area contributed by atoms with Crippen molar-refractivity contribution >= 4 is 0 Å². The van der Waals surface area contributed by atoms with E-state index in [0.717, 1.165) is 10.6 Å². The Morgan fingerprint density at radius 2 is 1.91 bits per heavy atom. The molecule has 1 unspecified atom stereocenters. The van der Waals surface area contributed by atoms with Crippen molar-refractivity contribution in [2.75, 3.05) is 0 Å². The van der Waals surface area contributed by atoms with Crippen molar-refractivity contribution in [3.63, 3.8) is 0 Å². The van der Waals surface area contributed by atoms with E-state index in [0.29, 0.717) is 11.1 Å². The first-order valence-electron chi connectivity index (χ1n) is 6.75. The maximum absolute atomic E-state index is 13.7. The summed E-state index contributed by atoms with van der Waals surface area (Å²) >= 11 is 0. The smallest absolute Gasteiger partial charge is 0.306 e. The van der Waals surface area contributed by atoms with E-state index in [1.54, 1.807) is 14.0 Å². The van der Waals surface area contributed by atoms with Crippen molar-refractivity contribution in [2.24, 2.45) is 14.1 Å². The van der Waals surface area contributed by atoms with Crippen molar-refractivity contribution in [2.45, 2.75) is 19.5 Å². The lowest BCUT2D eigenvalue weighted by Crippen LogP contribution is -2.39. The highest BCUT2D eigenvalue weighted by Gasteiger charge is 2.13. The summed E-state index contributed by atoms with van der Waals surface area (Å²) in [5, 5.41) is 3.00. The molecule has 1 atom stereocenters. The molecule has 1 heterocycles. The molecule has 22 heavy (non-hydrogen) atoms. The number of nitrogens with one attached hydrogen (secondary N) is 1. The van der Waals surface area contributed by atoms with Gasteiger partial charge in [0, 0.05) is 50.1 Å². The largest absolute Gasteiger partial charge is 0.330 e. The fourth-order valence-corrected chi connectivity index (χ4v) is 2.23. The van der Waals surface area contributed by atoms with Gasteiger partial charge in [0.15, 0.2) is 0 Å². The summed E-state index contributed by atoms with van der Waals surface area (Å²) < 4.78 is 28.9. The minimum Gasteiger partial charge on any atom is -0.306 e. The molecule has 5 nitrogen and oxygen atoms in total. The molecule has 0 spiro atoms. The fraction of sp³-hybridized carbons (Fsp3) is 0.333. The van der Waals surface area contributed by atoms with Crippen LogP contribution in [0.15, 0.2) is 34.0 Å². The highest BCUT2D eigenvalue weighted by molar-refractivity contribution is 5.21.